The van der Waals surface area contributed by atoms with Gasteiger partial charge in [0, 0.05) is 27.1 Å². The molecular weight excluding hydrogens is 544 g/mol. The van der Waals surface area contributed by atoms with E-state index in [1.54, 1.807) is 0 Å². The maximum atomic E-state index is 9.54. The van der Waals surface area contributed by atoms with Crippen molar-refractivity contribution in [3.05, 3.63) is 150 Å². The fourth-order valence-electron chi connectivity index (χ4n) is 7.64. The second-order valence-corrected chi connectivity index (χ2v) is 12.7. The fraction of sp³-hybridized carbons (Fsp3) is 0.0698. The maximum absolute atomic E-state index is 9.54. The van der Waals surface area contributed by atoms with Crippen LogP contribution in [0.25, 0.3) is 76.7 Å². The highest BCUT2D eigenvalue weighted by Crippen LogP contribution is 2.50. The zero-order valence-electron chi connectivity index (χ0n) is 25.1. The molecule has 1 heterocycles. The fourth-order valence-corrected chi connectivity index (χ4v) is 7.64. The number of hydrogen-bond donors (Lipinski definition) is 0. The third-order valence-electron chi connectivity index (χ3n) is 9.86. The third kappa shape index (κ3) is 3.65. The molecule has 2 heteroatoms. The first kappa shape index (κ1) is 25.7. The van der Waals surface area contributed by atoms with Crippen LogP contribution in [0, 0.1) is 11.3 Å². The summed E-state index contributed by atoms with van der Waals surface area (Å²) in [6, 6.07) is 50.1. The largest absolute Gasteiger partial charge is 0.246 e. The molecule has 1 aliphatic carbocycles. The summed E-state index contributed by atoms with van der Waals surface area (Å²) in [6.07, 6.45) is 0. The van der Waals surface area contributed by atoms with Gasteiger partial charge in [-0.1, -0.05) is 123 Å². The summed E-state index contributed by atoms with van der Waals surface area (Å²) in [5.74, 6) is 0. The van der Waals surface area contributed by atoms with Gasteiger partial charge in [0.05, 0.1) is 22.8 Å². The molecule has 45 heavy (non-hydrogen) atoms. The summed E-state index contributed by atoms with van der Waals surface area (Å²) in [7, 11) is 0. The highest BCUT2D eigenvalue weighted by atomic mass is 14.7. The van der Waals surface area contributed by atoms with Crippen LogP contribution < -0.4 is 0 Å². The molecular formula is C43H28N2. The Kier molecular flexibility index (Phi) is 5.34. The molecule has 9 rings (SSSR count). The van der Waals surface area contributed by atoms with Crippen molar-refractivity contribution in [2.24, 2.45) is 0 Å². The zero-order chi connectivity index (χ0) is 30.3. The number of fused-ring (bicyclic) bond motifs is 11. The van der Waals surface area contributed by atoms with Crippen molar-refractivity contribution in [2.75, 3.05) is 0 Å². The van der Waals surface area contributed by atoms with Gasteiger partial charge in [-0.2, -0.15) is 5.26 Å². The molecule has 1 aromatic heterocycles. The summed E-state index contributed by atoms with van der Waals surface area (Å²) in [4.78, 5) is 5.48. The molecule has 0 unspecified atom stereocenters. The second-order valence-electron chi connectivity index (χ2n) is 12.7. The number of nitrogens with zero attached hydrogens (tertiary/aromatic N) is 2. The van der Waals surface area contributed by atoms with Crippen LogP contribution in [0.3, 0.4) is 0 Å². The first-order chi connectivity index (χ1) is 22.0. The first-order valence-electron chi connectivity index (χ1n) is 15.5. The van der Waals surface area contributed by atoms with Crippen LogP contribution in [0.15, 0.2) is 133 Å². The van der Waals surface area contributed by atoms with Crippen molar-refractivity contribution < 1.29 is 0 Å². The number of pyridine rings is 1. The summed E-state index contributed by atoms with van der Waals surface area (Å²) in [5, 5.41) is 18.0. The van der Waals surface area contributed by atoms with Gasteiger partial charge in [-0.15, -0.1) is 0 Å². The Labute approximate surface area is 261 Å². The smallest absolute Gasteiger partial charge is 0.0991 e. The second kappa shape index (κ2) is 9.36. The standard InChI is InChI=1S/C43H28N2/c1-43(2)38-22-26(25-44)18-20-32(38)33-21-19-28(24-39(33)43)27-10-9-11-29(23-27)41-37-17-8-6-15-35(37)40-34-14-5-3-12-30(34)31-13-4-7-16-36(31)42(40)45-41/h3-24H,1-2H3. The molecule has 0 spiro atoms. The Bertz CT molecular complexity index is 2580. The van der Waals surface area contributed by atoms with Gasteiger partial charge in [0.25, 0.3) is 0 Å². The molecule has 0 fully saturated rings. The predicted molar refractivity (Wildman–Crippen MR) is 187 cm³/mol. The van der Waals surface area contributed by atoms with Gasteiger partial charge in [0.15, 0.2) is 0 Å². The minimum atomic E-state index is -0.189. The predicted octanol–water partition coefficient (Wildman–Crippen LogP) is 11.2. The molecule has 0 radical (unpaired) electrons. The lowest BCUT2D eigenvalue weighted by molar-refractivity contribution is 0.660. The molecule has 0 aliphatic heterocycles. The molecule has 1 aliphatic rings. The quantitative estimate of drug-likeness (QED) is 0.193. The van der Waals surface area contributed by atoms with Crippen LogP contribution in [-0.4, -0.2) is 4.98 Å². The van der Waals surface area contributed by atoms with E-state index in [1.165, 1.54) is 60.1 Å². The molecule has 0 amide bonds. The summed E-state index contributed by atoms with van der Waals surface area (Å²) in [5.41, 5.74) is 11.0. The van der Waals surface area contributed by atoms with Crippen LogP contribution in [0.5, 0.6) is 0 Å². The Balaban J connectivity index is 1.26. The lowest BCUT2D eigenvalue weighted by atomic mass is 9.81. The zero-order valence-corrected chi connectivity index (χ0v) is 25.1. The SMILES string of the molecule is CC1(C)c2cc(C#N)ccc2-c2ccc(-c3cccc(-c4nc5c6ccccc6c6ccccc6c5c5ccccc45)c3)cc21. The summed E-state index contributed by atoms with van der Waals surface area (Å²) in [6.45, 7) is 4.52. The van der Waals surface area contributed by atoms with E-state index in [0.717, 1.165) is 27.7 Å². The van der Waals surface area contributed by atoms with Gasteiger partial charge >= 0.3 is 0 Å². The number of rotatable bonds is 2. The van der Waals surface area contributed by atoms with Crippen molar-refractivity contribution in [1.29, 1.82) is 5.26 Å². The van der Waals surface area contributed by atoms with Gasteiger partial charge in [-0.25, -0.2) is 4.98 Å². The minimum Gasteiger partial charge on any atom is -0.246 e. The number of benzene rings is 7. The first-order valence-corrected chi connectivity index (χ1v) is 15.5. The molecule has 210 valence electrons. The van der Waals surface area contributed by atoms with E-state index in [9.17, 15) is 5.26 Å². The Morgan fingerprint density at radius 3 is 1.80 bits per heavy atom. The normalized spacial score (nSPS) is 13.3. The van der Waals surface area contributed by atoms with Crippen LogP contribution in [0.2, 0.25) is 0 Å². The Morgan fingerprint density at radius 2 is 1.07 bits per heavy atom. The molecule has 0 saturated carbocycles. The van der Waals surface area contributed by atoms with Gasteiger partial charge in [0.1, 0.15) is 0 Å². The molecule has 0 saturated heterocycles. The van der Waals surface area contributed by atoms with Crippen molar-refractivity contribution in [3.8, 4) is 39.6 Å². The van der Waals surface area contributed by atoms with E-state index >= 15 is 0 Å². The molecule has 8 aromatic rings. The van der Waals surface area contributed by atoms with Gasteiger partial charge in [-0.3, -0.25) is 0 Å². The molecule has 7 aromatic carbocycles. The molecule has 0 atom stereocenters. The van der Waals surface area contributed by atoms with Crippen LogP contribution in [-0.2, 0) is 5.41 Å². The van der Waals surface area contributed by atoms with Crippen LogP contribution in [0.4, 0.5) is 0 Å². The number of hydrogen-bond acceptors (Lipinski definition) is 2. The van der Waals surface area contributed by atoms with E-state index in [0.29, 0.717) is 5.56 Å². The number of nitriles is 1. The van der Waals surface area contributed by atoms with E-state index in [1.807, 2.05) is 6.07 Å². The van der Waals surface area contributed by atoms with E-state index < -0.39 is 0 Å². The van der Waals surface area contributed by atoms with Crippen molar-refractivity contribution >= 4 is 43.2 Å². The molecule has 0 bridgehead atoms. The average Bonchev–Trinajstić information content (AvgIpc) is 3.32. The lowest BCUT2D eigenvalue weighted by Crippen LogP contribution is -2.15. The highest BCUT2D eigenvalue weighted by molar-refractivity contribution is 6.31. The summed E-state index contributed by atoms with van der Waals surface area (Å²) < 4.78 is 0. The Hall–Kier alpha value is -5.78. The van der Waals surface area contributed by atoms with Crippen molar-refractivity contribution in [3.63, 3.8) is 0 Å². The maximum Gasteiger partial charge on any atom is 0.0991 e. The summed E-state index contributed by atoms with van der Waals surface area (Å²) >= 11 is 0. The molecule has 0 N–H and O–H groups in total. The van der Waals surface area contributed by atoms with E-state index in [-0.39, 0.29) is 5.41 Å². The van der Waals surface area contributed by atoms with E-state index in [2.05, 4.69) is 147 Å². The van der Waals surface area contributed by atoms with Crippen molar-refractivity contribution in [2.45, 2.75) is 19.3 Å². The van der Waals surface area contributed by atoms with Gasteiger partial charge in [0.2, 0.25) is 0 Å². The van der Waals surface area contributed by atoms with Gasteiger partial charge < -0.3 is 0 Å². The monoisotopic (exact) mass is 572 g/mol. The van der Waals surface area contributed by atoms with Crippen LogP contribution >= 0.6 is 0 Å². The topological polar surface area (TPSA) is 36.7 Å². The Morgan fingerprint density at radius 1 is 0.511 bits per heavy atom. The minimum absolute atomic E-state index is 0.189. The lowest BCUT2D eigenvalue weighted by Gasteiger charge is -2.22. The van der Waals surface area contributed by atoms with E-state index in [4.69, 9.17) is 4.98 Å². The third-order valence-corrected chi connectivity index (χ3v) is 9.86. The average molecular weight is 573 g/mol. The highest BCUT2D eigenvalue weighted by Gasteiger charge is 2.35. The van der Waals surface area contributed by atoms with Crippen LogP contribution in [0.1, 0.15) is 30.5 Å². The molecule has 2 nitrogen and oxygen atoms in total. The number of aromatic nitrogens is 1. The van der Waals surface area contributed by atoms with Crippen molar-refractivity contribution in [1.82, 2.24) is 4.98 Å². The van der Waals surface area contributed by atoms with Gasteiger partial charge in [-0.05, 0) is 79.2 Å².